The highest BCUT2D eigenvalue weighted by Crippen LogP contribution is 2.24. The van der Waals surface area contributed by atoms with Gasteiger partial charge >= 0.3 is 0 Å². The van der Waals surface area contributed by atoms with Crippen LogP contribution >= 0.6 is 23.4 Å². The summed E-state index contributed by atoms with van der Waals surface area (Å²) in [5.74, 6) is 0.0966. The molecule has 0 atom stereocenters. The first kappa shape index (κ1) is 18.3. The number of rotatable bonds is 6. The van der Waals surface area contributed by atoms with Crippen LogP contribution in [0.4, 0.5) is 10.1 Å². The summed E-state index contributed by atoms with van der Waals surface area (Å²) in [6.07, 6.45) is 3.39. The van der Waals surface area contributed by atoms with E-state index in [9.17, 15) is 9.18 Å². The fourth-order valence-electron chi connectivity index (χ4n) is 2.30. The van der Waals surface area contributed by atoms with Gasteiger partial charge in [0.2, 0.25) is 5.91 Å². The minimum Gasteiger partial charge on any atom is -0.325 e. The molecule has 0 spiro atoms. The van der Waals surface area contributed by atoms with Crippen LogP contribution in [0.5, 0.6) is 0 Å². The number of benzene rings is 1. The van der Waals surface area contributed by atoms with Gasteiger partial charge in [0.05, 0.1) is 10.8 Å². The molecule has 0 radical (unpaired) electrons. The molecule has 2 aromatic heterocycles. The first-order chi connectivity index (χ1) is 12.6. The van der Waals surface area contributed by atoms with Gasteiger partial charge in [-0.15, -0.1) is 10.2 Å². The number of carbonyl (C=O) groups excluding carboxylic acids is 1. The van der Waals surface area contributed by atoms with E-state index in [0.29, 0.717) is 17.4 Å². The largest absolute Gasteiger partial charge is 0.325 e. The van der Waals surface area contributed by atoms with Crippen molar-refractivity contribution in [2.24, 2.45) is 0 Å². The fourth-order valence-corrected chi connectivity index (χ4v) is 3.28. The summed E-state index contributed by atoms with van der Waals surface area (Å²) in [7, 11) is 0. The first-order valence-corrected chi connectivity index (χ1v) is 9.16. The van der Waals surface area contributed by atoms with Gasteiger partial charge in [-0.2, -0.15) is 0 Å². The molecule has 0 bridgehead atoms. The van der Waals surface area contributed by atoms with Crippen molar-refractivity contribution in [1.29, 1.82) is 0 Å². The lowest BCUT2D eigenvalue weighted by Crippen LogP contribution is -2.14. The molecule has 2 heterocycles. The maximum absolute atomic E-state index is 13.2. The Kier molecular flexibility index (Phi) is 5.85. The number of pyridine rings is 1. The van der Waals surface area contributed by atoms with E-state index < -0.39 is 5.82 Å². The molecular formula is C17H15ClFN5OS. The number of thioether (sulfide) groups is 1. The van der Waals surface area contributed by atoms with Crippen LogP contribution in [0, 0.1) is 5.82 Å². The van der Waals surface area contributed by atoms with E-state index in [1.807, 2.05) is 23.6 Å². The third-order valence-corrected chi connectivity index (χ3v) is 4.76. The molecular weight excluding hydrogens is 377 g/mol. The highest BCUT2D eigenvalue weighted by Gasteiger charge is 2.14. The lowest BCUT2D eigenvalue weighted by molar-refractivity contribution is -0.113. The molecule has 1 amide bonds. The SMILES string of the molecule is CCn1c(SCC(=O)Nc2ccc(F)c(Cl)c2)nnc1-c1ccncc1. The van der Waals surface area contributed by atoms with Gasteiger partial charge in [0.25, 0.3) is 0 Å². The van der Waals surface area contributed by atoms with Crippen molar-refractivity contribution in [1.82, 2.24) is 19.7 Å². The summed E-state index contributed by atoms with van der Waals surface area (Å²) in [6, 6.07) is 7.75. The number of hydrogen-bond acceptors (Lipinski definition) is 5. The summed E-state index contributed by atoms with van der Waals surface area (Å²) in [6.45, 7) is 2.65. The number of carbonyl (C=O) groups is 1. The quantitative estimate of drug-likeness (QED) is 0.645. The zero-order chi connectivity index (χ0) is 18.5. The van der Waals surface area contributed by atoms with E-state index in [4.69, 9.17) is 11.6 Å². The van der Waals surface area contributed by atoms with Crippen molar-refractivity contribution >= 4 is 35.0 Å². The van der Waals surface area contributed by atoms with E-state index in [-0.39, 0.29) is 16.7 Å². The predicted molar refractivity (Wildman–Crippen MR) is 99.7 cm³/mol. The van der Waals surface area contributed by atoms with Crippen molar-refractivity contribution in [3.05, 3.63) is 53.6 Å². The number of halogens is 2. The molecule has 1 aromatic carbocycles. The lowest BCUT2D eigenvalue weighted by Gasteiger charge is -2.08. The Labute approximate surface area is 158 Å². The number of amides is 1. The van der Waals surface area contributed by atoms with Gasteiger partial charge in [-0.05, 0) is 37.3 Å². The van der Waals surface area contributed by atoms with Crippen LogP contribution in [0.1, 0.15) is 6.92 Å². The molecule has 3 rings (SSSR count). The van der Waals surface area contributed by atoms with E-state index >= 15 is 0 Å². The standard InChI is InChI=1S/C17H15ClFN5OS/c1-2-24-16(11-5-7-20-8-6-11)22-23-17(24)26-10-15(25)21-12-3-4-14(19)13(18)9-12/h3-9H,2,10H2,1H3,(H,21,25). The molecule has 134 valence electrons. The summed E-state index contributed by atoms with van der Waals surface area (Å²) in [5.41, 5.74) is 1.35. The average molecular weight is 392 g/mol. The predicted octanol–water partition coefficient (Wildman–Crippen LogP) is 3.88. The normalized spacial score (nSPS) is 10.7. The van der Waals surface area contributed by atoms with Crippen molar-refractivity contribution in [3.63, 3.8) is 0 Å². The summed E-state index contributed by atoms with van der Waals surface area (Å²) in [5, 5.41) is 11.7. The van der Waals surface area contributed by atoms with Crippen molar-refractivity contribution < 1.29 is 9.18 Å². The molecule has 0 aliphatic carbocycles. The van der Waals surface area contributed by atoms with Crippen LogP contribution in [0.3, 0.4) is 0 Å². The number of nitrogens with one attached hydrogen (secondary N) is 1. The molecule has 26 heavy (non-hydrogen) atoms. The van der Waals surface area contributed by atoms with E-state index in [1.54, 1.807) is 12.4 Å². The molecule has 3 aromatic rings. The molecule has 6 nitrogen and oxygen atoms in total. The molecule has 0 unspecified atom stereocenters. The molecule has 9 heteroatoms. The Balaban J connectivity index is 1.67. The van der Waals surface area contributed by atoms with Crippen LogP contribution < -0.4 is 5.32 Å². The van der Waals surface area contributed by atoms with Crippen molar-refractivity contribution in [2.75, 3.05) is 11.1 Å². The molecule has 0 saturated heterocycles. The van der Waals surface area contributed by atoms with Gasteiger partial charge in [-0.1, -0.05) is 23.4 Å². The molecule has 0 aliphatic rings. The Morgan fingerprint density at radius 3 is 2.73 bits per heavy atom. The van der Waals surface area contributed by atoms with E-state index in [0.717, 1.165) is 11.4 Å². The topological polar surface area (TPSA) is 72.7 Å². The van der Waals surface area contributed by atoms with E-state index in [1.165, 1.54) is 30.0 Å². The van der Waals surface area contributed by atoms with Crippen molar-refractivity contribution in [3.8, 4) is 11.4 Å². The summed E-state index contributed by atoms with van der Waals surface area (Å²) < 4.78 is 15.1. The second-order valence-corrected chi connectivity index (χ2v) is 6.60. The Bertz CT molecular complexity index is 919. The Hall–Kier alpha value is -2.45. The number of nitrogens with zero attached hydrogens (tertiary/aromatic N) is 4. The zero-order valence-corrected chi connectivity index (χ0v) is 15.4. The van der Waals surface area contributed by atoms with Gasteiger partial charge in [0, 0.05) is 30.2 Å². The smallest absolute Gasteiger partial charge is 0.234 e. The monoisotopic (exact) mass is 391 g/mol. The van der Waals surface area contributed by atoms with Crippen LogP contribution in [0.2, 0.25) is 5.02 Å². The Morgan fingerprint density at radius 2 is 2.04 bits per heavy atom. The van der Waals surface area contributed by atoms with Gasteiger partial charge in [-0.3, -0.25) is 9.78 Å². The summed E-state index contributed by atoms with van der Waals surface area (Å²) >= 11 is 6.99. The average Bonchev–Trinajstić information content (AvgIpc) is 3.07. The van der Waals surface area contributed by atoms with Crippen LogP contribution in [0.15, 0.2) is 47.9 Å². The van der Waals surface area contributed by atoms with Crippen molar-refractivity contribution in [2.45, 2.75) is 18.6 Å². The third kappa shape index (κ3) is 4.20. The lowest BCUT2D eigenvalue weighted by atomic mass is 10.2. The van der Waals surface area contributed by atoms with Crippen LogP contribution in [0.25, 0.3) is 11.4 Å². The molecule has 0 fully saturated rings. The first-order valence-electron chi connectivity index (χ1n) is 7.79. The van der Waals surface area contributed by atoms with Gasteiger partial charge in [-0.25, -0.2) is 4.39 Å². The van der Waals surface area contributed by atoms with Crippen LogP contribution in [-0.4, -0.2) is 31.4 Å². The number of hydrogen-bond donors (Lipinski definition) is 1. The molecule has 1 N–H and O–H groups in total. The minimum atomic E-state index is -0.529. The summed E-state index contributed by atoms with van der Waals surface area (Å²) in [4.78, 5) is 16.1. The zero-order valence-electron chi connectivity index (χ0n) is 13.8. The fraction of sp³-hybridized carbons (Fsp3) is 0.176. The maximum atomic E-state index is 13.2. The van der Waals surface area contributed by atoms with Gasteiger partial charge in [0.1, 0.15) is 5.82 Å². The number of anilines is 1. The third-order valence-electron chi connectivity index (χ3n) is 3.51. The molecule has 0 aliphatic heterocycles. The minimum absolute atomic E-state index is 0.0387. The van der Waals surface area contributed by atoms with Gasteiger partial charge < -0.3 is 9.88 Å². The van der Waals surface area contributed by atoms with Crippen LogP contribution in [-0.2, 0) is 11.3 Å². The maximum Gasteiger partial charge on any atom is 0.234 e. The van der Waals surface area contributed by atoms with E-state index in [2.05, 4.69) is 20.5 Å². The second kappa shape index (κ2) is 8.29. The highest BCUT2D eigenvalue weighted by molar-refractivity contribution is 7.99. The van der Waals surface area contributed by atoms with Gasteiger partial charge in [0.15, 0.2) is 11.0 Å². The highest BCUT2D eigenvalue weighted by atomic mass is 35.5. The second-order valence-electron chi connectivity index (χ2n) is 5.25. The Morgan fingerprint density at radius 1 is 1.27 bits per heavy atom. The number of aromatic nitrogens is 4. The molecule has 0 saturated carbocycles.